The molecule has 14 heavy (non-hydrogen) atoms. The maximum absolute atomic E-state index is 12.3. The molecule has 0 nitrogen and oxygen atoms in total. The third-order valence-corrected chi connectivity index (χ3v) is 2.44. The van der Waals surface area contributed by atoms with E-state index in [9.17, 15) is 13.2 Å². The van der Waals surface area contributed by atoms with E-state index in [1.54, 1.807) is 6.92 Å². The van der Waals surface area contributed by atoms with Crippen LogP contribution in [0, 0.1) is 0 Å². The first-order chi connectivity index (χ1) is 6.32. The molecule has 0 saturated carbocycles. The van der Waals surface area contributed by atoms with E-state index in [4.69, 9.17) is 0 Å². The van der Waals surface area contributed by atoms with Crippen molar-refractivity contribution in [2.24, 2.45) is 0 Å². The molecule has 0 bridgehead atoms. The largest absolute Gasteiger partial charge is 0.416 e. The summed E-state index contributed by atoms with van der Waals surface area (Å²) < 4.78 is 37.6. The standard InChI is InChI=1S/C10H8BrF3/c1-6(2)8-5-7(10(12,13)14)3-4-9(8)11/h3-5H,1H2,2H3. The lowest BCUT2D eigenvalue weighted by Gasteiger charge is -2.10. The van der Waals surface area contributed by atoms with Gasteiger partial charge in [0.2, 0.25) is 0 Å². The summed E-state index contributed by atoms with van der Waals surface area (Å²) in [6.45, 7) is 5.28. The van der Waals surface area contributed by atoms with Gasteiger partial charge in [0.15, 0.2) is 0 Å². The van der Waals surface area contributed by atoms with Gasteiger partial charge in [-0.25, -0.2) is 0 Å². The summed E-state index contributed by atoms with van der Waals surface area (Å²) in [7, 11) is 0. The van der Waals surface area contributed by atoms with Crippen LogP contribution in [0.3, 0.4) is 0 Å². The zero-order valence-corrected chi connectivity index (χ0v) is 9.04. The second-order valence-corrected chi connectivity index (χ2v) is 3.83. The molecule has 0 aromatic heterocycles. The normalized spacial score (nSPS) is 11.5. The van der Waals surface area contributed by atoms with E-state index in [0.29, 0.717) is 15.6 Å². The summed E-state index contributed by atoms with van der Waals surface area (Å²) in [5.74, 6) is 0. The molecule has 1 rings (SSSR count). The molecule has 76 valence electrons. The van der Waals surface area contributed by atoms with Gasteiger partial charge in [-0.15, -0.1) is 0 Å². The first-order valence-corrected chi connectivity index (χ1v) is 4.64. The first-order valence-electron chi connectivity index (χ1n) is 3.85. The van der Waals surface area contributed by atoms with Crippen LogP contribution >= 0.6 is 15.9 Å². The summed E-state index contributed by atoms with van der Waals surface area (Å²) in [5, 5.41) is 0. The first kappa shape index (κ1) is 11.3. The Morgan fingerprint density at radius 1 is 1.36 bits per heavy atom. The van der Waals surface area contributed by atoms with Crippen molar-refractivity contribution < 1.29 is 13.2 Å². The molecule has 0 fully saturated rings. The summed E-state index contributed by atoms with van der Waals surface area (Å²) in [4.78, 5) is 0. The molecule has 0 aliphatic carbocycles. The molecule has 0 amide bonds. The van der Waals surface area contributed by atoms with Crippen LogP contribution in [-0.4, -0.2) is 0 Å². The molecule has 0 unspecified atom stereocenters. The molecular weight excluding hydrogens is 257 g/mol. The number of allylic oxidation sites excluding steroid dienone is 1. The second kappa shape index (κ2) is 3.77. The van der Waals surface area contributed by atoms with Crippen LogP contribution in [0.5, 0.6) is 0 Å². The van der Waals surface area contributed by atoms with Crippen molar-refractivity contribution in [3.8, 4) is 0 Å². The van der Waals surface area contributed by atoms with Gasteiger partial charge in [-0.05, 0) is 36.3 Å². The van der Waals surface area contributed by atoms with Crippen LogP contribution in [0.4, 0.5) is 13.2 Å². The molecule has 0 spiro atoms. The summed E-state index contributed by atoms with van der Waals surface area (Å²) in [5.41, 5.74) is 0.432. The fourth-order valence-electron chi connectivity index (χ4n) is 1.03. The van der Waals surface area contributed by atoms with Gasteiger partial charge in [0, 0.05) is 4.47 Å². The summed E-state index contributed by atoms with van der Waals surface area (Å²) in [6, 6.07) is 3.51. The van der Waals surface area contributed by atoms with Crippen molar-refractivity contribution in [3.05, 3.63) is 40.4 Å². The minimum atomic E-state index is -4.30. The highest BCUT2D eigenvalue weighted by molar-refractivity contribution is 9.10. The number of halogens is 4. The Morgan fingerprint density at radius 2 is 1.93 bits per heavy atom. The molecule has 1 aromatic carbocycles. The van der Waals surface area contributed by atoms with E-state index in [2.05, 4.69) is 22.5 Å². The van der Waals surface area contributed by atoms with E-state index < -0.39 is 11.7 Å². The number of benzene rings is 1. The maximum atomic E-state index is 12.3. The number of hydrogen-bond donors (Lipinski definition) is 0. The number of alkyl halides is 3. The van der Waals surface area contributed by atoms with Crippen molar-refractivity contribution in [1.29, 1.82) is 0 Å². The number of hydrogen-bond acceptors (Lipinski definition) is 0. The number of rotatable bonds is 1. The SMILES string of the molecule is C=C(C)c1cc(C(F)(F)F)ccc1Br. The fourth-order valence-corrected chi connectivity index (χ4v) is 1.61. The molecule has 1 aromatic rings. The molecule has 4 heteroatoms. The molecule has 0 aliphatic rings. The molecule has 0 heterocycles. The van der Waals surface area contributed by atoms with E-state index >= 15 is 0 Å². The van der Waals surface area contributed by atoms with Crippen molar-refractivity contribution in [3.63, 3.8) is 0 Å². The van der Waals surface area contributed by atoms with Gasteiger partial charge in [0.1, 0.15) is 0 Å². The van der Waals surface area contributed by atoms with E-state index in [0.717, 1.165) is 12.1 Å². The fraction of sp³-hybridized carbons (Fsp3) is 0.200. The Labute approximate surface area is 88.6 Å². The van der Waals surface area contributed by atoms with E-state index in [-0.39, 0.29) is 0 Å². The van der Waals surface area contributed by atoms with Crippen LogP contribution in [0.25, 0.3) is 5.57 Å². The molecule has 0 N–H and O–H groups in total. The highest BCUT2D eigenvalue weighted by Crippen LogP contribution is 2.33. The lowest BCUT2D eigenvalue weighted by Crippen LogP contribution is -2.05. The van der Waals surface area contributed by atoms with Crippen LogP contribution < -0.4 is 0 Å². The molecule has 0 saturated heterocycles. The van der Waals surface area contributed by atoms with Gasteiger partial charge in [0.05, 0.1) is 5.56 Å². The third kappa shape index (κ3) is 2.38. The predicted octanol–water partition coefficient (Wildman–Crippen LogP) is 4.50. The Bertz CT molecular complexity index is 366. The maximum Gasteiger partial charge on any atom is 0.416 e. The van der Waals surface area contributed by atoms with Gasteiger partial charge < -0.3 is 0 Å². The minimum absolute atomic E-state index is 0.486. The van der Waals surface area contributed by atoms with Crippen molar-refractivity contribution >= 4 is 21.5 Å². The zero-order chi connectivity index (χ0) is 10.9. The lowest BCUT2D eigenvalue weighted by molar-refractivity contribution is -0.137. The van der Waals surface area contributed by atoms with Crippen LogP contribution in [0.1, 0.15) is 18.1 Å². The zero-order valence-electron chi connectivity index (χ0n) is 7.45. The quantitative estimate of drug-likeness (QED) is 0.701. The Morgan fingerprint density at radius 3 is 2.36 bits per heavy atom. The van der Waals surface area contributed by atoms with E-state index in [1.165, 1.54) is 6.07 Å². The molecular formula is C10H8BrF3. The molecule has 0 aliphatic heterocycles. The topological polar surface area (TPSA) is 0 Å². The Kier molecular flexibility index (Phi) is 3.04. The summed E-state index contributed by atoms with van der Waals surface area (Å²) >= 11 is 3.17. The predicted molar refractivity (Wildman–Crippen MR) is 53.9 cm³/mol. The van der Waals surface area contributed by atoms with Gasteiger partial charge in [-0.2, -0.15) is 13.2 Å². The van der Waals surface area contributed by atoms with Crippen molar-refractivity contribution in [1.82, 2.24) is 0 Å². The Hall–Kier alpha value is -0.770. The third-order valence-electron chi connectivity index (χ3n) is 1.75. The molecule has 0 radical (unpaired) electrons. The monoisotopic (exact) mass is 264 g/mol. The highest BCUT2D eigenvalue weighted by atomic mass is 79.9. The van der Waals surface area contributed by atoms with Gasteiger partial charge in [-0.3, -0.25) is 0 Å². The average Bonchev–Trinajstić information content (AvgIpc) is 2.02. The smallest absolute Gasteiger partial charge is 0.166 e. The van der Waals surface area contributed by atoms with Crippen molar-refractivity contribution in [2.45, 2.75) is 13.1 Å². The van der Waals surface area contributed by atoms with Crippen LogP contribution in [0.15, 0.2) is 29.3 Å². The van der Waals surface area contributed by atoms with Gasteiger partial charge in [0.25, 0.3) is 0 Å². The minimum Gasteiger partial charge on any atom is -0.166 e. The molecule has 0 atom stereocenters. The Balaban J connectivity index is 3.27. The van der Waals surface area contributed by atoms with Gasteiger partial charge >= 0.3 is 6.18 Å². The average molecular weight is 265 g/mol. The van der Waals surface area contributed by atoms with Gasteiger partial charge in [-0.1, -0.05) is 22.5 Å². The lowest BCUT2D eigenvalue weighted by atomic mass is 10.1. The van der Waals surface area contributed by atoms with Crippen molar-refractivity contribution in [2.75, 3.05) is 0 Å². The second-order valence-electron chi connectivity index (χ2n) is 2.97. The van der Waals surface area contributed by atoms with E-state index in [1.807, 2.05) is 0 Å². The summed E-state index contributed by atoms with van der Waals surface area (Å²) in [6.07, 6.45) is -4.30. The van der Waals surface area contributed by atoms with Crippen LogP contribution in [-0.2, 0) is 6.18 Å². The highest BCUT2D eigenvalue weighted by Gasteiger charge is 2.30. The van der Waals surface area contributed by atoms with Crippen LogP contribution in [0.2, 0.25) is 0 Å².